The van der Waals surface area contributed by atoms with E-state index in [2.05, 4.69) is 35.5 Å². The molecule has 2 unspecified atom stereocenters. The predicted octanol–water partition coefficient (Wildman–Crippen LogP) is 3.01. The van der Waals surface area contributed by atoms with E-state index in [4.69, 9.17) is 0 Å². The number of carbonyl (C=O) groups excluding carboxylic acids is 1. The Morgan fingerprint density at radius 1 is 1.17 bits per heavy atom. The van der Waals surface area contributed by atoms with Crippen LogP contribution < -0.4 is 10.6 Å². The highest BCUT2D eigenvalue weighted by atomic mass is 16.3. The zero-order valence-corrected chi connectivity index (χ0v) is 18.4. The van der Waals surface area contributed by atoms with Gasteiger partial charge in [0.05, 0.1) is 6.67 Å². The number of likely N-dealkylation sites (tertiary alicyclic amines) is 1. The molecule has 0 spiro atoms. The molecule has 1 amide bonds. The van der Waals surface area contributed by atoms with Crippen molar-refractivity contribution in [2.75, 3.05) is 26.3 Å². The minimum Gasteiger partial charge on any atom is -0.375 e. The van der Waals surface area contributed by atoms with E-state index in [-0.39, 0.29) is 11.8 Å². The maximum atomic E-state index is 13.1. The van der Waals surface area contributed by atoms with Crippen LogP contribution in [0.3, 0.4) is 0 Å². The van der Waals surface area contributed by atoms with Crippen LogP contribution >= 0.6 is 0 Å². The number of nitrogens with zero attached hydrogens (tertiary/aromatic N) is 1. The van der Waals surface area contributed by atoms with Crippen molar-refractivity contribution in [1.82, 2.24) is 15.5 Å². The second kappa shape index (κ2) is 9.21. The van der Waals surface area contributed by atoms with Crippen LogP contribution in [0, 0.1) is 17.8 Å². The third-order valence-corrected chi connectivity index (χ3v) is 7.36. The first kappa shape index (κ1) is 21.5. The van der Waals surface area contributed by atoms with E-state index in [0.717, 1.165) is 51.7 Å². The molecule has 2 saturated carbocycles. The molecule has 5 nitrogen and oxygen atoms in total. The van der Waals surface area contributed by atoms with E-state index in [1.807, 2.05) is 30.3 Å². The molecule has 3 N–H and O–H groups in total. The fourth-order valence-electron chi connectivity index (χ4n) is 5.61. The molecule has 0 bridgehead atoms. The summed E-state index contributed by atoms with van der Waals surface area (Å²) in [7, 11) is 0. The first-order valence-electron chi connectivity index (χ1n) is 11.7. The van der Waals surface area contributed by atoms with Crippen molar-refractivity contribution in [3.8, 4) is 0 Å². The van der Waals surface area contributed by atoms with Gasteiger partial charge in [0.2, 0.25) is 0 Å². The molecule has 3 aliphatic rings. The van der Waals surface area contributed by atoms with Crippen LogP contribution in [0.15, 0.2) is 42.0 Å². The summed E-state index contributed by atoms with van der Waals surface area (Å²) in [4.78, 5) is 15.7. The van der Waals surface area contributed by atoms with Gasteiger partial charge in [-0.3, -0.25) is 10.1 Å². The van der Waals surface area contributed by atoms with Gasteiger partial charge in [-0.25, -0.2) is 0 Å². The fourth-order valence-corrected chi connectivity index (χ4v) is 5.61. The van der Waals surface area contributed by atoms with Gasteiger partial charge in [0, 0.05) is 31.6 Å². The highest BCUT2D eigenvalue weighted by Gasteiger charge is 2.55. The Balaban J connectivity index is 1.25. The fraction of sp³-hybridized carbons (Fsp3) is 0.640. The standard InChI is InChI=1S/C25H37N3O2/c1-18(2)9-8-14-28-15-21-22(16-28)23(21)26-17-27-24(29)25(30,20-12-6-7-13-20)19-10-4-3-5-11-19/h3-5,9-11,20-23,26,30H,6-8,12-17H2,1-2H3,(H,27,29)/t21-,22+,23?,25?. The quantitative estimate of drug-likeness (QED) is 0.432. The number of hydrogen-bond donors (Lipinski definition) is 3. The van der Waals surface area contributed by atoms with Crippen molar-refractivity contribution >= 4 is 5.91 Å². The molecule has 2 aliphatic carbocycles. The topological polar surface area (TPSA) is 64.6 Å². The molecule has 0 radical (unpaired) electrons. The smallest absolute Gasteiger partial charge is 0.257 e. The summed E-state index contributed by atoms with van der Waals surface area (Å²) in [5.74, 6) is 1.14. The maximum absolute atomic E-state index is 13.1. The Bertz CT molecular complexity index is 743. The minimum absolute atomic E-state index is 0.00503. The molecule has 1 heterocycles. The first-order chi connectivity index (χ1) is 14.5. The summed E-state index contributed by atoms with van der Waals surface area (Å²) in [5, 5.41) is 18.0. The molecule has 4 atom stereocenters. The van der Waals surface area contributed by atoms with Crippen molar-refractivity contribution in [2.45, 2.75) is 57.6 Å². The van der Waals surface area contributed by atoms with Crippen LogP contribution in [0.4, 0.5) is 0 Å². The summed E-state index contributed by atoms with van der Waals surface area (Å²) in [6, 6.07) is 9.97. The van der Waals surface area contributed by atoms with E-state index in [1.54, 1.807) is 0 Å². The number of benzene rings is 1. The molecular weight excluding hydrogens is 374 g/mol. The Labute approximate surface area is 180 Å². The summed E-state index contributed by atoms with van der Waals surface area (Å²) in [6.07, 6.45) is 7.42. The second-order valence-electron chi connectivity index (χ2n) is 9.68. The Hall–Kier alpha value is -1.69. The number of hydrogen-bond acceptors (Lipinski definition) is 4. The molecule has 4 rings (SSSR count). The lowest BCUT2D eigenvalue weighted by Crippen LogP contribution is -2.51. The van der Waals surface area contributed by atoms with Crippen LogP contribution in [-0.4, -0.2) is 48.3 Å². The Kier molecular flexibility index (Phi) is 6.61. The molecular formula is C25H37N3O2. The van der Waals surface area contributed by atoms with Crippen LogP contribution in [-0.2, 0) is 10.4 Å². The summed E-state index contributed by atoms with van der Waals surface area (Å²) >= 11 is 0. The molecule has 5 heteroatoms. The van der Waals surface area contributed by atoms with Gasteiger partial charge >= 0.3 is 0 Å². The van der Waals surface area contributed by atoms with E-state index < -0.39 is 5.60 Å². The van der Waals surface area contributed by atoms with Gasteiger partial charge in [0.15, 0.2) is 5.60 Å². The van der Waals surface area contributed by atoms with Gasteiger partial charge in [0.1, 0.15) is 0 Å². The normalized spacial score (nSPS) is 28.0. The van der Waals surface area contributed by atoms with Crippen molar-refractivity contribution in [2.24, 2.45) is 17.8 Å². The molecule has 1 aliphatic heterocycles. The lowest BCUT2D eigenvalue weighted by molar-refractivity contribution is -0.147. The first-order valence-corrected chi connectivity index (χ1v) is 11.7. The lowest BCUT2D eigenvalue weighted by Gasteiger charge is -2.33. The number of amides is 1. The molecule has 164 valence electrons. The average Bonchev–Trinajstić information content (AvgIpc) is 3.16. The van der Waals surface area contributed by atoms with E-state index >= 15 is 0 Å². The van der Waals surface area contributed by atoms with Gasteiger partial charge in [-0.05, 0) is 50.5 Å². The van der Waals surface area contributed by atoms with Crippen LogP contribution in [0.2, 0.25) is 0 Å². The van der Waals surface area contributed by atoms with Crippen LogP contribution in [0.25, 0.3) is 0 Å². The van der Waals surface area contributed by atoms with Gasteiger partial charge in [0.25, 0.3) is 5.91 Å². The van der Waals surface area contributed by atoms with Crippen molar-refractivity contribution in [1.29, 1.82) is 0 Å². The third kappa shape index (κ3) is 4.48. The third-order valence-electron chi connectivity index (χ3n) is 7.36. The summed E-state index contributed by atoms with van der Waals surface area (Å²) in [5.41, 5.74) is 0.674. The number of piperidine rings is 1. The van der Waals surface area contributed by atoms with E-state index in [0.29, 0.717) is 30.1 Å². The van der Waals surface area contributed by atoms with Crippen molar-refractivity contribution in [3.05, 3.63) is 47.5 Å². The van der Waals surface area contributed by atoms with Crippen LogP contribution in [0.1, 0.15) is 51.5 Å². The van der Waals surface area contributed by atoms with Crippen LogP contribution in [0.5, 0.6) is 0 Å². The molecule has 1 aromatic rings. The number of aliphatic hydroxyl groups is 1. The molecule has 30 heavy (non-hydrogen) atoms. The number of allylic oxidation sites excluding steroid dienone is 1. The Morgan fingerprint density at radius 2 is 1.83 bits per heavy atom. The van der Waals surface area contributed by atoms with E-state index in [1.165, 1.54) is 5.57 Å². The highest BCUT2D eigenvalue weighted by molar-refractivity contribution is 5.86. The summed E-state index contributed by atoms with van der Waals surface area (Å²) < 4.78 is 0. The number of carbonyl (C=O) groups is 1. The highest BCUT2D eigenvalue weighted by Crippen LogP contribution is 2.45. The lowest BCUT2D eigenvalue weighted by atomic mass is 9.79. The molecule has 1 saturated heterocycles. The SMILES string of the molecule is CC(C)=CCCN1C[C@@H]2C(NCNC(=O)C(O)(c3ccccc3)C3CCCC3)[C@@H]2C1. The number of nitrogens with one attached hydrogen (secondary N) is 2. The predicted molar refractivity (Wildman–Crippen MR) is 120 cm³/mol. The Morgan fingerprint density at radius 3 is 2.47 bits per heavy atom. The maximum Gasteiger partial charge on any atom is 0.257 e. The zero-order valence-electron chi connectivity index (χ0n) is 18.4. The average molecular weight is 412 g/mol. The van der Waals surface area contributed by atoms with Gasteiger partial charge < -0.3 is 15.3 Å². The second-order valence-corrected chi connectivity index (χ2v) is 9.68. The zero-order chi connectivity index (χ0) is 21.1. The number of fused-ring (bicyclic) bond motifs is 1. The minimum atomic E-state index is -1.43. The molecule has 3 fully saturated rings. The van der Waals surface area contributed by atoms with Crippen molar-refractivity contribution < 1.29 is 9.90 Å². The largest absolute Gasteiger partial charge is 0.375 e. The van der Waals surface area contributed by atoms with Crippen molar-refractivity contribution in [3.63, 3.8) is 0 Å². The van der Waals surface area contributed by atoms with Gasteiger partial charge in [-0.15, -0.1) is 0 Å². The van der Waals surface area contributed by atoms with E-state index in [9.17, 15) is 9.90 Å². The van der Waals surface area contributed by atoms with Gasteiger partial charge in [-0.2, -0.15) is 0 Å². The molecule has 0 aromatic heterocycles. The number of rotatable bonds is 9. The summed E-state index contributed by atoms with van der Waals surface area (Å²) in [6.45, 7) is 8.19. The molecule has 1 aromatic carbocycles. The monoisotopic (exact) mass is 411 g/mol. The van der Waals surface area contributed by atoms with Gasteiger partial charge in [-0.1, -0.05) is 54.8 Å².